The van der Waals surface area contributed by atoms with E-state index < -0.39 is 19.7 Å². The summed E-state index contributed by atoms with van der Waals surface area (Å²) in [6.45, 7) is 0.187. The Morgan fingerprint density at radius 2 is 1.91 bits per heavy atom. The third-order valence-electron chi connectivity index (χ3n) is 5.56. The second-order valence-corrected chi connectivity index (χ2v) is 10.6. The second-order valence-electron chi connectivity index (χ2n) is 7.93. The van der Waals surface area contributed by atoms with Crippen molar-refractivity contribution in [2.75, 3.05) is 7.11 Å². The minimum absolute atomic E-state index is 0.140. The average molecular weight is 557 g/mol. The lowest BCUT2D eigenvalue weighted by atomic mass is 10.1. The van der Waals surface area contributed by atoms with Crippen molar-refractivity contribution >= 4 is 29.5 Å². The van der Waals surface area contributed by atoms with Crippen molar-refractivity contribution in [2.45, 2.75) is 31.6 Å². The van der Waals surface area contributed by atoms with E-state index in [1.807, 2.05) is 0 Å². The number of rotatable bonds is 9. The maximum absolute atomic E-state index is 13.2. The van der Waals surface area contributed by atoms with Crippen molar-refractivity contribution in [3.63, 3.8) is 0 Å². The zero-order valence-electron chi connectivity index (χ0n) is 17.9. The van der Waals surface area contributed by atoms with E-state index >= 15 is 0 Å². The molecule has 3 aromatic rings. The fourth-order valence-corrected chi connectivity index (χ4v) is 5.28. The highest BCUT2D eigenvalue weighted by molar-refractivity contribution is 9.10. The van der Waals surface area contributed by atoms with Gasteiger partial charge in [0.25, 0.3) is 0 Å². The molecule has 1 saturated carbocycles. The van der Waals surface area contributed by atoms with E-state index in [9.17, 15) is 23.2 Å². The van der Waals surface area contributed by atoms with E-state index in [0.717, 1.165) is 12.8 Å². The van der Waals surface area contributed by atoms with Crippen molar-refractivity contribution in [3.8, 4) is 11.3 Å². The number of benzene rings is 2. The molecule has 1 aliphatic carbocycles. The fourth-order valence-electron chi connectivity index (χ4n) is 3.69. The SMILES string of the molecule is COC(=O)c1cccc(-c2cn(C3CC3)c(=O)n2Cc2ccc(CP(=O)(OF)OF)c(Br)c2)c1. The molecule has 0 radical (unpaired) electrons. The van der Waals surface area contributed by atoms with Gasteiger partial charge in [-0.2, -0.15) is 0 Å². The first kappa shape index (κ1) is 24.5. The number of nitrogens with zero attached hydrogens (tertiary/aromatic N) is 2. The number of esters is 1. The van der Waals surface area contributed by atoms with Crippen LogP contribution in [0.3, 0.4) is 0 Å². The number of aromatic nitrogens is 2. The predicted octanol–water partition coefficient (Wildman–Crippen LogP) is 5.74. The van der Waals surface area contributed by atoms with Crippen LogP contribution < -0.4 is 5.69 Å². The minimum atomic E-state index is -4.54. The van der Waals surface area contributed by atoms with Gasteiger partial charge in [0.15, 0.2) is 0 Å². The number of imidazole rings is 1. The van der Waals surface area contributed by atoms with Crippen molar-refractivity contribution in [1.82, 2.24) is 9.13 Å². The summed E-state index contributed by atoms with van der Waals surface area (Å²) in [5.74, 6) is -0.483. The van der Waals surface area contributed by atoms with Gasteiger partial charge in [-0.05, 0) is 51.2 Å². The highest BCUT2D eigenvalue weighted by atomic mass is 79.9. The van der Waals surface area contributed by atoms with Gasteiger partial charge in [-0.1, -0.05) is 40.2 Å². The first-order valence-electron chi connectivity index (χ1n) is 10.3. The van der Waals surface area contributed by atoms with Crippen LogP contribution in [0, 0.1) is 0 Å². The molecule has 4 rings (SSSR count). The Balaban J connectivity index is 1.70. The lowest BCUT2D eigenvalue weighted by molar-refractivity contribution is -0.0881. The lowest BCUT2D eigenvalue weighted by Crippen LogP contribution is -2.24. The molecule has 0 amide bonds. The Labute approximate surface area is 201 Å². The van der Waals surface area contributed by atoms with Crippen LogP contribution in [0.1, 0.15) is 40.4 Å². The molecule has 34 heavy (non-hydrogen) atoms. The van der Waals surface area contributed by atoms with Gasteiger partial charge in [-0.15, -0.1) is 9.46 Å². The lowest BCUT2D eigenvalue weighted by Gasteiger charge is -2.12. The zero-order valence-corrected chi connectivity index (χ0v) is 20.4. The molecule has 0 atom stereocenters. The van der Waals surface area contributed by atoms with Crippen LogP contribution in [0.4, 0.5) is 9.05 Å². The van der Waals surface area contributed by atoms with Crippen molar-refractivity contribution in [2.24, 2.45) is 0 Å². The summed E-state index contributed by atoms with van der Waals surface area (Å²) in [4.78, 5) is 25.2. The Morgan fingerprint density at radius 3 is 2.53 bits per heavy atom. The maximum atomic E-state index is 13.2. The third-order valence-corrected chi connectivity index (χ3v) is 7.44. The summed E-state index contributed by atoms with van der Waals surface area (Å²) in [6.07, 6.45) is 3.00. The van der Waals surface area contributed by atoms with Gasteiger partial charge < -0.3 is 4.74 Å². The van der Waals surface area contributed by atoms with Gasteiger partial charge >= 0.3 is 19.3 Å². The number of carbonyl (C=O) groups is 1. The standard InChI is InChI=1S/C22H20BrF2N2O6P/c1-31-21(28)16-4-2-3-15(10-16)20-12-26(18-7-8-18)22(29)27(20)11-14-5-6-17(19(23)9-14)13-34(30,32-24)33-25/h2-6,9-10,12,18H,7-8,11,13H2,1H3. The summed E-state index contributed by atoms with van der Waals surface area (Å²) in [5, 5.41) is 0. The molecule has 2 aromatic carbocycles. The molecule has 180 valence electrons. The molecular formula is C22H20BrF2N2O6P. The first-order chi connectivity index (χ1) is 16.3. The monoisotopic (exact) mass is 556 g/mol. The number of carbonyl (C=O) groups excluding carboxylic acids is 1. The van der Waals surface area contributed by atoms with Crippen LogP contribution >= 0.6 is 23.5 Å². The van der Waals surface area contributed by atoms with Crippen molar-refractivity contribution < 1.29 is 32.6 Å². The summed E-state index contributed by atoms with van der Waals surface area (Å²) in [6, 6.07) is 11.8. The normalized spacial score (nSPS) is 13.8. The molecule has 1 aromatic heterocycles. The zero-order chi connectivity index (χ0) is 24.5. The molecule has 1 heterocycles. The second kappa shape index (κ2) is 9.95. The quantitative estimate of drug-likeness (QED) is 0.246. The minimum Gasteiger partial charge on any atom is -0.465 e. The topological polar surface area (TPSA) is 88.8 Å². The molecule has 1 aliphatic rings. The molecule has 0 unspecified atom stereocenters. The van der Waals surface area contributed by atoms with E-state index in [0.29, 0.717) is 32.4 Å². The molecule has 0 saturated heterocycles. The summed E-state index contributed by atoms with van der Waals surface area (Å²) in [7, 11) is -3.24. The summed E-state index contributed by atoms with van der Waals surface area (Å²) >= 11 is 3.30. The van der Waals surface area contributed by atoms with Crippen LogP contribution in [0.5, 0.6) is 0 Å². The Bertz CT molecular complexity index is 1330. The van der Waals surface area contributed by atoms with Gasteiger partial charge in [0.2, 0.25) is 0 Å². The molecule has 12 heteroatoms. The third kappa shape index (κ3) is 5.07. The van der Waals surface area contributed by atoms with E-state index in [1.54, 1.807) is 51.7 Å². The molecular weight excluding hydrogens is 537 g/mol. The van der Waals surface area contributed by atoms with Crippen molar-refractivity contribution in [1.29, 1.82) is 0 Å². The predicted molar refractivity (Wildman–Crippen MR) is 123 cm³/mol. The van der Waals surface area contributed by atoms with Crippen LogP contribution in [0.2, 0.25) is 0 Å². The van der Waals surface area contributed by atoms with E-state index in [-0.39, 0.29) is 18.3 Å². The number of hydrogen-bond acceptors (Lipinski definition) is 6. The number of ether oxygens (including phenoxy) is 1. The number of methoxy groups -OCH3 is 1. The van der Waals surface area contributed by atoms with E-state index in [4.69, 9.17) is 4.74 Å². The Kier molecular flexibility index (Phi) is 7.18. The molecule has 0 aliphatic heterocycles. The Morgan fingerprint density at radius 1 is 1.18 bits per heavy atom. The molecule has 1 fully saturated rings. The van der Waals surface area contributed by atoms with Crippen LogP contribution in [0.15, 0.2) is 57.9 Å². The van der Waals surface area contributed by atoms with Gasteiger partial charge in [0.1, 0.15) is 0 Å². The van der Waals surface area contributed by atoms with Gasteiger partial charge in [0.05, 0.1) is 31.1 Å². The van der Waals surface area contributed by atoms with Gasteiger partial charge in [-0.25, -0.2) is 9.59 Å². The van der Waals surface area contributed by atoms with Crippen LogP contribution in [0.25, 0.3) is 11.3 Å². The maximum Gasteiger partial charge on any atom is 0.399 e. The van der Waals surface area contributed by atoms with E-state index in [2.05, 4.69) is 25.4 Å². The molecule has 0 N–H and O–H groups in total. The molecule has 0 bridgehead atoms. The highest BCUT2D eigenvalue weighted by Gasteiger charge is 2.30. The smallest absolute Gasteiger partial charge is 0.399 e. The summed E-state index contributed by atoms with van der Waals surface area (Å²) in [5.41, 5.74) is 2.48. The highest BCUT2D eigenvalue weighted by Crippen LogP contribution is 2.53. The van der Waals surface area contributed by atoms with Crippen LogP contribution in [-0.2, 0) is 31.5 Å². The molecule has 8 nitrogen and oxygen atoms in total. The number of halogens is 3. The van der Waals surface area contributed by atoms with Gasteiger partial charge in [0, 0.05) is 22.3 Å². The largest absolute Gasteiger partial charge is 0.465 e. The first-order valence-corrected chi connectivity index (χ1v) is 12.8. The average Bonchev–Trinajstić information content (AvgIpc) is 3.64. The van der Waals surface area contributed by atoms with Crippen LogP contribution in [-0.4, -0.2) is 22.2 Å². The van der Waals surface area contributed by atoms with E-state index in [1.165, 1.54) is 13.2 Å². The molecule has 0 spiro atoms. The Hall–Kier alpha value is -2.59. The number of hydrogen-bond donors (Lipinski definition) is 0. The van der Waals surface area contributed by atoms with Gasteiger partial charge in [-0.3, -0.25) is 13.7 Å². The summed E-state index contributed by atoms with van der Waals surface area (Å²) < 4.78 is 51.5. The van der Waals surface area contributed by atoms with Crippen molar-refractivity contribution in [3.05, 3.63) is 80.3 Å². The fraction of sp³-hybridized carbons (Fsp3) is 0.273.